The zero-order chi connectivity index (χ0) is 14.8. The predicted molar refractivity (Wildman–Crippen MR) is 91.8 cm³/mol. The van der Waals surface area contributed by atoms with Gasteiger partial charge in [-0.25, -0.2) is 0 Å². The molecule has 0 radical (unpaired) electrons. The van der Waals surface area contributed by atoms with Crippen LogP contribution in [0.15, 0.2) is 51.8 Å². The maximum atomic E-state index is 11.7. The van der Waals surface area contributed by atoms with Crippen molar-refractivity contribution in [3.05, 3.63) is 52.5 Å². The minimum Gasteiger partial charge on any atom is -0.326 e. The largest absolute Gasteiger partial charge is 0.326 e. The number of nitrogens with zero attached hydrogens (tertiary/aromatic N) is 1. The second-order valence-electron chi connectivity index (χ2n) is 4.90. The number of amides is 1. The van der Waals surface area contributed by atoms with Gasteiger partial charge in [-0.15, -0.1) is 0 Å². The molecule has 1 heterocycles. The topological polar surface area (TPSA) is 32.3 Å². The molecule has 0 aromatic heterocycles. The van der Waals surface area contributed by atoms with Gasteiger partial charge in [0.2, 0.25) is 5.91 Å². The number of hydrogen-bond acceptors (Lipinski definition) is 3. The van der Waals surface area contributed by atoms with Gasteiger partial charge in [-0.05, 0) is 64.1 Å². The Balaban J connectivity index is 1.83. The number of benzene rings is 2. The van der Waals surface area contributed by atoms with Gasteiger partial charge in [-0.2, -0.15) is 0 Å². The molecule has 0 atom stereocenters. The fourth-order valence-corrected chi connectivity index (χ4v) is 3.74. The summed E-state index contributed by atoms with van der Waals surface area (Å²) in [5, 5.41) is 0. The van der Waals surface area contributed by atoms with E-state index in [0.717, 1.165) is 33.7 Å². The van der Waals surface area contributed by atoms with Crippen LogP contribution >= 0.6 is 27.9 Å². The van der Waals surface area contributed by atoms with Crippen LogP contribution in [0, 0.1) is 0 Å². The summed E-state index contributed by atoms with van der Waals surface area (Å²) in [6.45, 7) is 2.39. The van der Waals surface area contributed by atoms with E-state index >= 15 is 0 Å². The number of rotatable bonds is 3. The van der Waals surface area contributed by atoms with Gasteiger partial charge < -0.3 is 9.62 Å². The molecule has 3 nitrogen and oxygen atoms in total. The summed E-state index contributed by atoms with van der Waals surface area (Å²) < 4.78 is 4.38. The second kappa shape index (κ2) is 6.12. The SMILES string of the molecule is CC(=O)N1CCc2cc(Br)c(SNc3ccccc3)cc21. The van der Waals surface area contributed by atoms with E-state index in [2.05, 4.69) is 32.8 Å². The van der Waals surface area contributed by atoms with Gasteiger partial charge in [-0.1, -0.05) is 18.2 Å². The lowest BCUT2D eigenvalue weighted by molar-refractivity contribution is -0.116. The molecule has 1 aliphatic rings. The molecule has 3 rings (SSSR count). The average Bonchev–Trinajstić information content (AvgIpc) is 2.88. The van der Waals surface area contributed by atoms with Crippen molar-refractivity contribution in [3.8, 4) is 0 Å². The van der Waals surface area contributed by atoms with Gasteiger partial charge in [0.1, 0.15) is 0 Å². The summed E-state index contributed by atoms with van der Waals surface area (Å²) in [5.41, 5.74) is 3.31. The summed E-state index contributed by atoms with van der Waals surface area (Å²) >= 11 is 5.16. The number of hydrogen-bond donors (Lipinski definition) is 1. The smallest absolute Gasteiger partial charge is 0.223 e. The van der Waals surface area contributed by atoms with E-state index in [4.69, 9.17) is 0 Å². The summed E-state index contributed by atoms with van der Waals surface area (Å²) in [4.78, 5) is 14.6. The van der Waals surface area contributed by atoms with Crippen LogP contribution in [0.3, 0.4) is 0 Å². The maximum Gasteiger partial charge on any atom is 0.223 e. The Bertz CT molecular complexity index is 675. The highest BCUT2D eigenvalue weighted by Crippen LogP contribution is 2.37. The molecule has 0 fully saturated rings. The van der Waals surface area contributed by atoms with E-state index < -0.39 is 0 Å². The van der Waals surface area contributed by atoms with E-state index in [0.29, 0.717) is 0 Å². The normalized spacial score (nSPS) is 13.1. The van der Waals surface area contributed by atoms with E-state index in [9.17, 15) is 4.79 Å². The number of carbonyl (C=O) groups is 1. The van der Waals surface area contributed by atoms with Crippen molar-refractivity contribution in [2.45, 2.75) is 18.2 Å². The monoisotopic (exact) mass is 362 g/mol. The quantitative estimate of drug-likeness (QED) is 0.817. The molecule has 0 aliphatic carbocycles. The Morgan fingerprint density at radius 3 is 2.76 bits per heavy atom. The van der Waals surface area contributed by atoms with Crippen LogP contribution < -0.4 is 9.62 Å². The van der Waals surface area contributed by atoms with Crippen LogP contribution in [-0.2, 0) is 11.2 Å². The van der Waals surface area contributed by atoms with Crippen LogP contribution in [0.5, 0.6) is 0 Å². The molecule has 0 spiro atoms. The number of anilines is 2. The van der Waals surface area contributed by atoms with Crippen LogP contribution in [0.25, 0.3) is 0 Å². The van der Waals surface area contributed by atoms with Gasteiger partial charge in [0.15, 0.2) is 0 Å². The van der Waals surface area contributed by atoms with Crippen molar-refractivity contribution in [2.75, 3.05) is 16.2 Å². The first-order valence-corrected chi connectivity index (χ1v) is 8.34. The van der Waals surface area contributed by atoms with Gasteiger partial charge in [0, 0.05) is 34.2 Å². The Morgan fingerprint density at radius 1 is 1.29 bits per heavy atom. The van der Waals surface area contributed by atoms with Crippen LogP contribution in [0.2, 0.25) is 0 Å². The number of para-hydroxylation sites is 1. The molecule has 2 aromatic carbocycles. The fraction of sp³-hybridized carbons (Fsp3) is 0.188. The molecule has 5 heteroatoms. The van der Waals surface area contributed by atoms with E-state index in [1.807, 2.05) is 35.2 Å². The third kappa shape index (κ3) is 3.09. The molecule has 1 aliphatic heterocycles. The lowest BCUT2D eigenvalue weighted by atomic mass is 10.2. The Morgan fingerprint density at radius 2 is 2.05 bits per heavy atom. The first-order chi connectivity index (χ1) is 10.1. The molecule has 0 unspecified atom stereocenters. The fourth-order valence-electron chi connectivity index (χ4n) is 2.41. The minimum atomic E-state index is 0.100. The van der Waals surface area contributed by atoms with Gasteiger partial charge in [-0.3, -0.25) is 4.79 Å². The van der Waals surface area contributed by atoms with E-state index in [1.54, 1.807) is 18.9 Å². The summed E-state index contributed by atoms with van der Waals surface area (Å²) in [7, 11) is 0. The highest BCUT2D eigenvalue weighted by molar-refractivity contribution is 9.10. The molecule has 1 amide bonds. The molecular formula is C16H15BrN2OS. The van der Waals surface area contributed by atoms with Gasteiger partial charge in [0.25, 0.3) is 0 Å². The first-order valence-electron chi connectivity index (χ1n) is 6.73. The zero-order valence-corrected chi connectivity index (χ0v) is 14.0. The van der Waals surface area contributed by atoms with Crippen LogP contribution in [-0.4, -0.2) is 12.5 Å². The molecule has 0 bridgehead atoms. The predicted octanol–water partition coefficient (Wildman–Crippen LogP) is 4.48. The summed E-state index contributed by atoms with van der Waals surface area (Å²) in [6.07, 6.45) is 0.921. The average molecular weight is 363 g/mol. The van der Waals surface area contributed by atoms with Gasteiger partial charge in [0.05, 0.1) is 0 Å². The lowest BCUT2D eigenvalue weighted by Crippen LogP contribution is -2.25. The highest BCUT2D eigenvalue weighted by atomic mass is 79.9. The summed E-state index contributed by atoms with van der Waals surface area (Å²) in [5.74, 6) is 0.100. The number of nitrogens with one attached hydrogen (secondary N) is 1. The number of carbonyl (C=O) groups excluding carboxylic acids is 1. The standard InChI is InChI=1S/C16H15BrN2OS/c1-11(20)19-8-7-12-9-14(17)16(10-15(12)19)21-18-13-5-3-2-4-6-13/h2-6,9-10,18H,7-8H2,1H3. The molecule has 108 valence electrons. The van der Waals surface area contributed by atoms with Crippen LogP contribution in [0.1, 0.15) is 12.5 Å². The van der Waals surface area contributed by atoms with Crippen molar-refractivity contribution in [1.82, 2.24) is 0 Å². The van der Waals surface area contributed by atoms with Crippen molar-refractivity contribution in [3.63, 3.8) is 0 Å². The third-order valence-corrected chi connectivity index (χ3v) is 5.28. The van der Waals surface area contributed by atoms with Crippen LogP contribution in [0.4, 0.5) is 11.4 Å². The zero-order valence-electron chi connectivity index (χ0n) is 11.6. The molecule has 2 aromatic rings. The Hall–Kier alpha value is -1.46. The third-order valence-electron chi connectivity index (χ3n) is 3.46. The molecule has 0 saturated heterocycles. The van der Waals surface area contributed by atoms with E-state index in [-0.39, 0.29) is 5.91 Å². The molecule has 0 saturated carbocycles. The van der Waals surface area contributed by atoms with Crippen molar-refractivity contribution < 1.29 is 4.79 Å². The molecular weight excluding hydrogens is 348 g/mol. The summed E-state index contributed by atoms with van der Waals surface area (Å²) in [6, 6.07) is 14.2. The van der Waals surface area contributed by atoms with Crippen molar-refractivity contribution >= 4 is 45.2 Å². The lowest BCUT2D eigenvalue weighted by Gasteiger charge is -2.16. The molecule has 1 N–H and O–H groups in total. The number of fused-ring (bicyclic) bond motifs is 1. The first kappa shape index (κ1) is 14.5. The number of halogens is 1. The van der Waals surface area contributed by atoms with Crippen molar-refractivity contribution in [1.29, 1.82) is 0 Å². The van der Waals surface area contributed by atoms with E-state index in [1.165, 1.54) is 5.56 Å². The minimum absolute atomic E-state index is 0.100. The van der Waals surface area contributed by atoms with Crippen molar-refractivity contribution in [2.24, 2.45) is 0 Å². The highest BCUT2D eigenvalue weighted by Gasteiger charge is 2.23. The maximum absolute atomic E-state index is 11.7. The van der Waals surface area contributed by atoms with Gasteiger partial charge >= 0.3 is 0 Å². The Kier molecular flexibility index (Phi) is 4.22. The Labute approximate surface area is 137 Å². The second-order valence-corrected chi connectivity index (χ2v) is 6.60. The molecule has 21 heavy (non-hydrogen) atoms.